The topological polar surface area (TPSA) is 38.9 Å². The molecule has 0 aliphatic rings. The lowest BCUT2D eigenvalue weighted by Gasteiger charge is -2.28. The summed E-state index contributed by atoms with van der Waals surface area (Å²) in [5.41, 5.74) is 7.61. The number of hydrogen-bond acceptors (Lipinski definition) is 3. The number of thiophene rings is 1. The Kier molecular flexibility index (Phi) is 3.26. The van der Waals surface area contributed by atoms with Gasteiger partial charge in [-0.25, -0.2) is 4.39 Å². The van der Waals surface area contributed by atoms with Crippen LogP contribution in [0.3, 0.4) is 0 Å². The third kappa shape index (κ3) is 2.10. The fraction of sp³-hybridized carbons (Fsp3) is 0.308. The van der Waals surface area contributed by atoms with Crippen molar-refractivity contribution in [2.45, 2.75) is 25.8 Å². The van der Waals surface area contributed by atoms with Crippen LogP contribution in [0.25, 0.3) is 0 Å². The number of pyridine rings is 1. The van der Waals surface area contributed by atoms with Crippen molar-refractivity contribution in [3.63, 3.8) is 0 Å². The molecule has 0 aliphatic heterocycles. The monoisotopic (exact) mass is 250 g/mol. The third-order valence-corrected chi connectivity index (χ3v) is 3.93. The smallest absolute Gasteiger partial charge is 0.141 e. The molecular formula is C13H15FN2S. The van der Waals surface area contributed by atoms with Crippen molar-refractivity contribution in [2.24, 2.45) is 5.73 Å². The average Bonchev–Trinajstić information content (AvgIpc) is 2.76. The summed E-state index contributed by atoms with van der Waals surface area (Å²) in [5, 5.41) is 2.02. The number of rotatable bonds is 3. The lowest BCUT2D eigenvalue weighted by atomic mass is 9.85. The van der Waals surface area contributed by atoms with Gasteiger partial charge in [0.05, 0.1) is 17.4 Å². The summed E-state index contributed by atoms with van der Waals surface area (Å²) < 4.78 is 12.9. The number of nitrogens with two attached hydrogens (primary N) is 1. The number of nitrogens with zero attached hydrogens (tertiary/aromatic N) is 1. The number of aryl methyl sites for hydroxylation is 1. The Bertz CT molecular complexity index is 506. The predicted molar refractivity (Wildman–Crippen MR) is 68.5 cm³/mol. The van der Waals surface area contributed by atoms with E-state index < -0.39 is 5.54 Å². The van der Waals surface area contributed by atoms with Crippen LogP contribution in [-0.4, -0.2) is 4.98 Å². The second-order valence-corrected chi connectivity index (χ2v) is 5.20. The molecule has 2 aromatic rings. The Morgan fingerprint density at radius 1 is 1.41 bits per heavy atom. The fourth-order valence-electron chi connectivity index (χ4n) is 2.00. The SMILES string of the molecule is CCC(N)(c1ccc(F)cn1)c1ccsc1C. The van der Waals surface area contributed by atoms with Gasteiger partial charge in [-0.15, -0.1) is 11.3 Å². The molecule has 0 aliphatic carbocycles. The van der Waals surface area contributed by atoms with Gasteiger partial charge in [0.2, 0.25) is 0 Å². The van der Waals surface area contributed by atoms with E-state index in [0.29, 0.717) is 5.69 Å². The third-order valence-electron chi connectivity index (χ3n) is 3.08. The first kappa shape index (κ1) is 12.2. The molecule has 2 heterocycles. The van der Waals surface area contributed by atoms with Gasteiger partial charge in [-0.3, -0.25) is 4.98 Å². The van der Waals surface area contributed by atoms with E-state index in [2.05, 4.69) is 4.98 Å². The Morgan fingerprint density at radius 3 is 2.65 bits per heavy atom. The van der Waals surface area contributed by atoms with Crippen LogP contribution in [0.2, 0.25) is 0 Å². The van der Waals surface area contributed by atoms with Crippen molar-refractivity contribution < 1.29 is 4.39 Å². The van der Waals surface area contributed by atoms with Crippen LogP contribution in [-0.2, 0) is 5.54 Å². The van der Waals surface area contributed by atoms with Crippen molar-refractivity contribution >= 4 is 11.3 Å². The van der Waals surface area contributed by atoms with Gasteiger partial charge in [-0.05, 0) is 42.5 Å². The van der Waals surface area contributed by atoms with Crippen molar-refractivity contribution in [2.75, 3.05) is 0 Å². The predicted octanol–water partition coefficient (Wildman–Crippen LogP) is 3.20. The maximum atomic E-state index is 12.9. The first-order valence-corrected chi connectivity index (χ1v) is 6.41. The summed E-state index contributed by atoms with van der Waals surface area (Å²) in [4.78, 5) is 5.30. The number of halogens is 1. The lowest BCUT2D eigenvalue weighted by Crippen LogP contribution is -2.38. The van der Waals surface area contributed by atoms with Crippen LogP contribution in [0.5, 0.6) is 0 Å². The number of hydrogen-bond donors (Lipinski definition) is 1. The molecule has 2 aromatic heterocycles. The highest BCUT2D eigenvalue weighted by Gasteiger charge is 2.31. The normalized spacial score (nSPS) is 14.6. The van der Waals surface area contributed by atoms with Crippen LogP contribution < -0.4 is 5.73 Å². The van der Waals surface area contributed by atoms with E-state index in [4.69, 9.17) is 5.73 Å². The molecule has 2 N–H and O–H groups in total. The second-order valence-electron chi connectivity index (χ2n) is 4.08. The van der Waals surface area contributed by atoms with E-state index in [0.717, 1.165) is 12.0 Å². The van der Waals surface area contributed by atoms with Gasteiger partial charge in [0, 0.05) is 4.88 Å². The summed E-state index contributed by atoms with van der Waals surface area (Å²) >= 11 is 1.66. The molecule has 1 unspecified atom stereocenters. The van der Waals surface area contributed by atoms with Gasteiger partial charge in [0.1, 0.15) is 5.82 Å². The molecule has 0 radical (unpaired) electrons. The highest BCUT2D eigenvalue weighted by Crippen LogP contribution is 2.33. The zero-order valence-electron chi connectivity index (χ0n) is 9.90. The van der Waals surface area contributed by atoms with E-state index >= 15 is 0 Å². The van der Waals surface area contributed by atoms with Gasteiger partial charge in [-0.1, -0.05) is 6.92 Å². The molecule has 0 aromatic carbocycles. The minimum Gasteiger partial charge on any atom is -0.316 e. The quantitative estimate of drug-likeness (QED) is 0.908. The van der Waals surface area contributed by atoms with Crippen molar-refractivity contribution in [1.29, 1.82) is 0 Å². The number of aromatic nitrogens is 1. The lowest BCUT2D eigenvalue weighted by molar-refractivity contribution is 0.498. The first-order valence-electron chi connectivity index (χ1n) is 5.53. The summed E-state index contributed by atoms with van der Waals surface area (Å²) in [5.74, 6) is -0.339. The zero-order chi connectivity index (χ0) is 12.5. The van der Waals surface area contributed by atoms with E-state index in [1.165, 1.54) is 17.1 Å². The molecule has 2 rings (SSSR count). The second kappa shape index (κ2) is 4.55. The first-order chi connectivity index (χ1) is 8.08. The van der Waals surface area contributed by atoms with E-state index in [1.54, 1.807) is 17.4 Å². The van der Waals surface area contributed by atoms with Crippen molar-refractivity contribution in [3.05, 3.63) is 51.7 Å². The Hall–Kier alpha value is -1.26. The Balaban J connectivity index is 2.51. The summed E-state index contributed by atoms with van der Waals surface area (Å²) in [6, 6.07) is 5.09. The maximum Gasteiger partial charge on any atom is 0.141 e. The van der Waals surface area contributed by atoms with Crippen LogP contribution in [0, 0.1) is 12.7 Å². The molecule has 1 atom stereocenters. The average molecular weight is 250 g/mol. The molecule has 0 saturated carbocycles. The molecule has 0 spiro atoms. The molecule has 2 nitrogen and oxygen atoms in total. The van der Waals surface area contributed by atoms with E-state index in [1.807, 2.05) is 25.3 Å². The van der Waals surface area contributed by atoms with Crippen LogP contribution in [0.15, 0.2) is 29.8 Å². The minimum atomic E-state index is -0.627. The molecule has 90 valence electrons. The van der Waals surface area contributed by atoms with Crippen molar-refractivity contribution in [1.82, 2.24) is 4.98 Å². The molecule has 0 amide bonds. The van der Waals surface area contributed by atoms with E-state index in [-0.39, 0.29) is 5.82 Å². The highest BCUT2D eigenvalue weighted by molar-refractivity contribution is 7.10. The minimum absolute atomic E-state index is 0.339. The van der Waals surface area contributed by atoms with Crippen LogP contribution in [0.4, 0.5) is 4.39 Å². The van der Waals surface area contributed by atoms with Crippen LogP contribution >= 0.6 is 11.3 Å². The standard InChI is InChI=1S/C13H15FN2S/c1-3-13(15,11-6-7-17-9(11)2)12-5-4-10(14)8-16-12/h4-8H,3,15H2,1-2H3. The van der Waals surface area contributed by atoms with Gasteiger partial charge < -0.3 is 5.73 Å². The highest BCUT2D eigenvalue weighted by atomic mass is 32.1. The van der Waals surface area contributed by atoms with E-state index in [9.17, 15) is 4.39 Å². The molecule has 0 bridgehead atoms. The summed E-state index contributed by atoms with van der Waals surface area (Å²) in [7, 11) is 0. The maximum absolute atomic E-state index is 12.9. The van der Waals surface area contributed by atoms with Gasteiger partial charge >= 0.3 is 0 Å². The molecule has 0 fully saturated rings. The molecule has 0 saturated heterocycles. The van der Waals surface area contributed by atoms with Crippen LogP contribution in [0.1, 0.15) is 29.5 Å². The summed E-state index contributed by atoms with van der Waals surface area (Å²) in [6.07, 6.45) is 1.94. The Morgan fingerprint density at radius 2 is 2.18 bits per heavy atom. The fourth-order valence-corrected chi connectivity index (χ4v) is 2.78. The molecule has 17 heavy (non-hydrogen) atoms. The summed E-state index contributed by atoms with van der Waals surface area (Å²) in [6.45, 7) is 4.06. The zero-order valence-corrected chi connectivity index (χ0v) is 10.7. The largest absolute Gasteiger partial charge is 0.316 e. The van der Waals surface area contributed by atoms with Gasteiger partial charge in [0.25, 0.3) is 0 Å². The van der Waals surface area contributed by atoms with Gasteiger partial charge in [-0.2, -0.15) is 0 Å². The molecule has 4 heteroatoms. The molecular weight excluding hydrogens is 235 g/mol. The van der Waals surface area contributed by atoms with Crippen molar-refractivity contribution in [3.8, 4) is 0 Å². The Labute approximate surface area is 104 Å². The van der Waals surface area contributed by atoms with Gasteiger partial charge in [0.15, 0.2) is 0 Å².